The van der Waals surface area contributed by atoms with Crippen molar-refractivity contribution in [3.05, 3.63) is 33.0 Å². The van der Waals surface area contributed by atoms with Crippen LogP contribution in [0.4, 0.5) is 0 Å². The number of ketones is 2. The molecule has 1 atom stereocenters. The van der Waals surface area contributed by atoms with Gasteiger partial charge in [0.15, 0.2) is 16.7 Å². The molecular weight excluding hydrogens is 356 g/mol. The van der Waals surface area contributed by atoms with Gasteiger partial charge in [-0.25, -0.2) is 9.89 Å². The third-order valence-corrected chi connectivity index (χ3v) is 5.51. The summed E-state index contributed by atoms with van der Waals surface area (Å²) in [5, 5.41) is 6.91. The molecule has 3 rings (SSSR count). The topological polar surface area (TPSA) is 110 Å². The molecule has 140 valence electrons. The molecule has 1 aliphatic rings. The average Bonchev–Trinajstić information content (AvgIpc) is 3.28. The summed E-state index contributed by atoms with van der Waals surface area (Å²) in [4.78, 5) is 39.3. The first-order chi connectivity index (χ1) is 12.4. The number of ether oxygens (including phenoxy) is 1. The number of aromatic nitrogens is 4. The predicted octanol–water partition coefficient (Wildman–Crippen LogP) is 1.87. The third-order valence-electron chi connectivity index (χ3n) is 4.53. The van der Waals surface area contributed by atoms with Crippen LogP contribution in [-0.4, -0.2) is 49.8 Å². The lowest BCUT2D eigenvalue weighted by molar-refractivity contribution is 0.0941. The molecule has 2 N–H and O–H groups in total. The summed E-state index contributed by atoms with van der Waals surface area (Å²) in [6.45, 7) is 6.17. The van der Waals surface area contributed by atoms with E-state index in [1.165, 1.54) is 23.3 Å². The quantitative estimate of drug-likeness (QED) is 0.562. The fourth-order valence-electron chi connectivity index (χ4n) is 3.33. The van der Waals surface area contributed by atoms with Crippen molar-refractivity contribution in [2.45, 2.75) is 51.4 Å². The molecule has 0 aromatic carbocycles. The molecule has 1 fully saturated rings. The number of hydrogen-bond acceptors (Lipinski definition) is 6. The molecule has 1 saturated heterocycles. The van der Waals surface area contributed by atoms with Crippen molar-refractivity contribution < 1.29 is 14.3 Å². The highest BCUT2D eigenvalue weighted by atomic mass is 32.2. The van der Waals surface area contributed by atoms with Crippen LogP contribution in [0.3, 0.4) is 0 Å². The van der Waals surface area contributed by atoms with Crippen molar-refractivity contribution in [1.29, 1.82) is 0 Å². The van der Waals surface area contributed by atoms with Gasteiger partial charge in [-0.3, -0.25) is 14.2 Å². The Morgan fingerprint density at radius 2 is 2.15 bits per heavy atom. The summed E-state index contributed by atoms with van der Waals surface area (Å²) >= 11 is 1.20. The number of carbonyl (C=O) groups excluding carboxylic acids is 2. The molecule has 2 aromatic rings. The predicted molar refractivity (Wildman–Crippen MR) is 97.1 cm³/mol. The summed E-state index contributed by atoms with van der Waals surface area (Å²) in [7, 11) is 0. The van der Waals surface area contributed by atoms with Crippen LogP contribution in [0.2, 0.25) is 0 Å². The number of aryl methyl sites for hydroxylation is 1. The van der Waals surface area contributed by atoms with E-state index in [2.05, 4.69) is 15.2 Å². The smallest absolute Gasteiger partial charge is 0.344 e. The number of nitrogens with zero attached hydrogens (tertiary/aromatic N) is 2. The van der Waals surface area contributed by atoms with Crippen LogP contribution in [0, 0.1) is 13.8 Å². The molecule has 1 aliphatic heterocycles. The van der Waals surface area contributed by atoms with E-state index in [1.807, 2.05) is 0 Å². The largest absolute Gasteiger partial charge is 0.376 e. The molecule has 9 heteroatoms. The fourth-order valence-corrected chi connectivity index (χ4v) is 4.15. The number of carbonyl (C=O) groups is 2. The number of hydrogen-bond donors (Lipinski definition) is 2. The second kappa shape index (κ2) is 7.63. The van der Waals surface area contributed by atoms with Crippen molar-refractivity contribution in [2.24, 2.45) is 0 Å². The molecule has 0 radical (unpaired) electrons. The van der Waals surface area contributed by atoms with E-state index in [0.29, 0.717) is 40.8 Å². The van der Waals surface area contributed by atoms with Crippen LogP contribution < -0.4 is 5.69 Å². The minimum Gasteiger partial charge on any atom is -0.376 e. The second-order valence-corrected chi connectivity index (χ2v) is 7.39. The maximum absolute atomic E-state index is 12.6. The summed E-state index contributed by atoms with van der Waals surface area (Å²) in [5.41, 5.74) is 2.05. The zero-order valence-electron chi connectivity index (χ0n) is 15.0. The zero-order valence-corrected chi connectivity index (χ0v) is 15.9. The molecule has 0 spiro atoms. The number of rotatable bonds is 7. The molecule has 3 heterocycles. The third kappa shape index (κ3) is 3.68. The van der Waals surface area contributed by atoms with Gasteiger partial charge in [0.2, 0.25) is 0 Å². The molecule has 0 amide bonds. The normalized spacial score (nSPS) is 17.0. The fraction of sp³-hybridized carbons (Fsp3) is 0.529. The zero-order chi connectivity index (χ0) is 18.8. The van der Waals surface area contributed by atoms with Gasteiger partial charge in [0.25, 0.3) is 0 Å². The highest BCUT2D eigenvalue weighted by Gasteiger charge is 2.22. The van der Waals surface area contributed by atoms with Crippen LogP contribution in [0.5, 0.6) is 0 Å². The molecule has 8 nitrogen and oxygen atoms in total. The van der Waals surface area contributed by atoms with Crippen molar-refractivity contribution in [2.75, 3.05) is 12.4 Å². The van der Waals surface area contributed by atoms with Crippen molar-refractivity contribution in [3.63, 3.8) is 0 Å². The highest BCUT2D eigenvalue weighted by molar-refractivity contribution is 7.99. The van der Waals surface area contributed by atoms with Gasteiger partial charge in [-0.05, 0) is 39.2 Å². The molecular formula is C17H22N4O4S. The van der Waals surface area contributed by atoms with Gasteiger partial charge in [0, 0.05) is 17.9 Å². The van der Waals surface area contributed by atoms with E-state index in [1.54, 1.807) is 13.8 Å². The number of thioether (sulfide) groups is 1. The number of H-pyrrole nitrogens is 2. The molecule has 0 unspecified atom stereocenters. The maximum atomic E-state index is 12.6. The first-order valence-corrected chi connectivity index (χ1v) is 9.50. The standard InChI is InChI=1S/C17H22N4O4S/c1-9-14(11(3)22)10(2)18-15(9)13(23)8-26-17-20-19-16(24)21(17)7-12-5-4-6-25-12/h12,18H,4-8H2,1-3H3,(H,19,24)/t12-/m1/s1. The number of aromatic amines is 2. The van der Waals surface area contributed by atoms with E-state index in [9.17, 15) is 14.4 Å². The summed E-state index contributed by atoms with van der Waals surface area (Å²) in [6.07, 6.45) is 1.91. The number of nitrogens with one attached hydrogen (secondary N) is 2. The Labute approximate surface area is 154 Å². The van der Waals surface area contributed by atoms with Crippen LogP contribution in [0.25, 0.3) is 0 Å². The van der Waals surface area contributed by atoms with Crippen LogP contribution >= 0.6 is 11.8 Å². The molecule has 26 heavy (non-hydrogen) atoms. The van der Waals surface area contributed by atoms with Gasteiger partial charge in [-0.2, -0.15) is 0 Å². The van der Waals surface area contributed by atoms with Gasteiger partial charge in [0.05, 0.1) is 24.1 Å². The Morgan fingerprint density at radius 3 is 2.77 bits per heavy atom. The van der Waals surface area contributed by atoms with E-state index in [0.717, 1.165) is 12.8 Å². The maximum Gasteiger partial charge on any atom is 0.344 e. The Morgan fingerprint density at radius 1 is 1.38 bits per heavy atom. The average molecular weight is 378 g/mol. The van der Waals surface area contributed by atoms with Crippen molar-refractivity contribution in [3.8, 4) is 0 Å². The van der Waals surface area contributed by atoms with Gasteiger partial charge >= 0.3 is 5.69 Å². The molecule has 2 aromatic heterocycles. The van der Waals surface area contributed by atoms with Crippen LogP contribution in [0.1, 0.15) is 51.9 Å². The first-order valence-electron chi connectivity index (χ1n) is 8.51. The van der Waals surface area contributed by atoms with Crippen molar-refractivity contribution in [1.82, 2.24) is 19.7 Å². The van der Waals surface area contributed by atoms with E-state index < -0.39 is 0 Å². The Kier molecular flexibility index (Phi) is 5.47. The summed E-state index contributed by atoms with van der Waals surface area (Å²) in [6, 6.07) is 0. The van der Waals surface area contributed by atoms with Gasteiger partial charge < -0.3 is 9.72 Å². The van der Waals surface area contributed by atoms with Crippen LogP contribution in [-0.2, 0) is 11.3 Å². The Hall–Kier alpha value is -2.13. The van der Waals surface area contributed by atoms with Crippen molar-refractivity contribution >= 4 is 23.3 Å². The Bertz CT molecular complexity index is 889. The molecule has 0 bridgehead atoms. The van der Waals surface area contributed by atoms with Gasteiger partial charge in [-0.1, -0.05) is 11.8 Å². The van der Waals surface area contributed by atoms with E-state index in [-0.39, 0.29) is 29.1 Å². The lowest BCUT2D eigenvalue weighted by Crippen LogP contribution is -2.25. The minimum atomic E-state index is -0.304. The minimum absolute atomic E-state index is 0.00628. The first kappa shape index (κ1) is 18.7. The molecule has 0 aliphatic carbocycles. The Balaban J connectivity index is 1.72. The second-order valence-electron chi connectivity index (χ2n) is 6.45. The lowest BCUT2D eigenvalue weighted by Gasteiger charge is -2.10. The lowest BCUT2D eigenvalue weighted by atomic mass is 10.1. The molecule has 0 saturated carbocycles. The monoisotopic (exact) mass is 378 g/mol. The van der Waals surface area contributed by atoms with Gasteiger partial charge in [-0.15, -0.1) is 5.10 Å². The van der Waals surface area contributed by atoms with Crippen LogP contribution in [0.15, 0.2) is 9.95 Å². The highest BCUT2D eigenvalue weighted by Crippen LogP contribution is 2.22. The van der Waals surface area contributed by atoms with Gasteiger partial charge in [0.1, 0.15) is 0 Å². The summed E-state index contributed by atoms with van der Waals surface area (Å²) in [5.74, 6) is -0.0867. The SMILES string of the molecule is CC(=O)c1c(C)[nH]c(C(=O)CSc2n[nH]c(=O)n2C[C@H]2CCCO2)c1C. The van der Waals surface area contributed by atoms with E-state index >= 15 is 0 Å². The number of Topliss-reactive ketones (excluding diaryl/α,β-unsaturated/α-hetero) is 2. The summed E-state index contributed by atoms with van der Waals surface area (Å²) < 4.78 is 7.09. The van der Waals surface area contributed by atoms with E-state index in [4.69, 9.17) is 4.74 Å².